The molecular weight excluding hydrogens is 1240 g/mol. The van der Waals surface area contributed by atoms with E-state index in [-0.39, 0.29) is 49.5 Å². The number of hydrogen-bond donors (Lipinski definition) is 18. The molecule has 4 aromatic rings. The Hall–Kier alpha value is -5.68. The fourth-order valence-electron chi connectivity index (χ4n) is 9.25. The average molecular weight is 1320 g/mol. The zero-order valence-electron chi connectivity index (χ0n) is 46.1. The largest absolute Gasteiger partial charge is 0.507 e. The number of ether oxygens (including phenoxy) is 1. The molecule has 3 aromatic carbocycles. The standard InChI is InChI=1S/C55H75IN10O16S2/c1-28(68)40(23-67)63-53(79)42-26-84-83-25-41(64-49(75)37(19-30-10-4-3-5-11-30)59-27-55(81)47(73)46(72)44(71)24-82-55)52(78)61-38(20-31-15-16-43(70)34(56)18-31)50(76)62-39(21-32-22-58-35-13-7-6-12-33(32)35)51(77)60-36(14-8-9-17-57)48(74)66-45(29(2)69)54(80)65-42/h3-7,10-13,15-16,18,22,28-29,36-42,44-47,58-59,67-73,81H,8-9,14,17,19-21,23-27,57H2,1-2H3,(H,60,77)(H,61,78)(H,62,76)(H,63,79)(H,64,75)(H,65,80)(H,66,74)/t28-,29-,36+,37+,38+,39-,40+,41+,42+,44+,45+,46-,47+,55+/m1/s1/i56-4. The van der Waals surface area contributed by atoms with Gasteiger partial charge in [-0.3, -0.25) is 33.6 Å². The maximum absolute atomic E-state index is 15.1. The molecule has 3 heterocycles. The molecule has 0 bridgehead atoms. The first-order valence-electron chi connectivity index (χ1n) is 27.3. The summed E-state index contributed by atoms with van der Waals surface area (Å²) < 4.78 is 5.75. The van der Waals surface area contributed by atoms with Crippen LogP contribution in [0.15, 0.2) is 79.0 Å². The molecule has 2 saturated heterocycles. The predicted octanol–water partition coefficient (Wildman–Crippen LogP) is -3.06. The molecule has 460 valence electrons. The van der Waals surface area contributed by atoms with Gasteiger partial charge in [0, 0.05) is 41.4 Å². The molecule has 19 N–H and O–H groups in total. The van der Waals surface area contributed by atoms with E-state index in [1.54, 1.807) is 66.9 Å². The number of nitrogens with one attached hydrogen (secondary N) is 9. The number of aromatic amines is 1. The third kappa shape index (κ3) is 18.9. The van der Waals surface area contributed by atoms with E-state index in [9.17, 15) is 64.8 Å². The molecule has 0 unspecified atom stereocenters. The highest BCUT2D eigenvalue weighted by Gasteiger charge is 2.49. The van der Waals surface area contributed by atoms with Gasteiger partial charge in [-0.2, -0.15) is 0 Å². The van der Waals surface area contributed by atoms with Crippen LogP contribution in [0.3, 0.4) is 0 Å². The molecule has 1 aromatic heterocycles. The summed E-state index contributed by atoms with van der Waals surface area (Å²) in [5, 5.41) is 107. The Balaban J connectivity index is 1.43. The van der Waals surface area contributed by atoms with Gasteiger partial charge in [0.25, 0.3) is 0 Å². The SMILES string of the molecule is C[C@@H](O)[C@H](CO)NC(=O)[C@@H]1CSSC[C@H](NC(=O)[C@H](Cc2ccccc2)NC[C@]2(O)OC[C@H](O)[C@@H](O)[C@@H]2O)C(=O)N[C@@H](Cc2ccc(O)c([123I])c2)C(=O)N[C@H](Cc2c[nH]c3ccccc23)C(=O)N[C@@H](CCCCN)C(=O)N[C@@H]([C@@H](C)O)C(=O)N1. The van der Waals surface area contributed by atoms with Crippen LogP contribution in [0.2, 0.25) is 0 Å². The number of aliphatic hydroxyl groups is 7. The second-order valence-electron chi connectivity index (χ2n) is 20.8. The number of aromatic nitrogens is 1. The second-order valence-corrected chi connectivity index (χ2v) is 24.5. The van der Waals surface area contributed by atoms with Gasteiger partial charge in [-0.25, -0.2) is 0 Å². The van der Waals surface area contributed by atoms with Gasteiger partial charge in [0.15, 0.2) is 0 Å². The molecule has 29 heteroatoms. The van der Waals surface area contributed by atoms with Crippen LogP contribution in [-0.4, -0.2) is 210 Å². The van der Waals surface area contributed by atoms with Crippen molar-refractivity contribution in [2.75, 3.05) is 37.8 Å². The Morgan fingerprint density at radius 1 is 0.810 bits per heavy atom. The number of halogens is 1. The van der Waals surface area contributed by atoms with Crippen molar-refractivity contribution in [3.8, 4) is 5.75 Å². The predicted molar refractivity (Wildman–Crippen MR) is 319 cm³/mol. The lowest BCUT2D eigenvalue weighted by Crippen LogP contribution is -2.66. The van der Waals surface area contributed by atoms with E-state index in [0.717, 1.165) is 21.6 Å². The molecule has 6 rings (SSSR count). The molecule has 14 atom stereocenters. The van der Waals surface area contributed by atoms with Gasteiger partial charge in [0.2, 0.25) is 47.1 Å². The minimum absolute atomic E-state index is 0.0334. The van der Waals surface area contributed by atoms with Crippen molar-refractivity contribution in [2.45, 2.75) is 137 Å². The summed E-state index contributed by atoms with van der Waals surface area (Å²) in [6, 6.07) is 8.44. The van der Waals surface area contributed by atoms with E-state index < -0.39 is 146 Å². The van der Waals surface area contributed by atoms with E-state index in [1.165, 1.54) is 26.0 Å². The van der Waals surface area contributed by atoms with Crippen molar-refractivity contribution < 1.29 is 79.2 Å². The number of fused-ring (bicyclic) bond motifs is 1. The second kappa shape index (κ2) is 32.2. The lowest BCUT2D eigenvalue weighted by atomic mass is 9.96. The molecule has 0 spiro atoms. The third-order valence-corrected chi connectivity index (χ3v) is 17.6. The third-order valence-electron chi connectivity index (χ3n) is 14.3. The number of H-pyrrole nitrogens is 1. The van der Waals surface area contributed by atoms with Gasteiger partial charge in [0.1, 0.15) is 60.3 Å². The lowest BCUT2D eigenvalue weighted by Gasteiger charge is -2.42. The molecule has 2 aliphatic rings. The number of carbonyl (C=O) groups is 7. The van der Waals surface area contributed by atoms with Gasteiger partial charge in [-0.05, 0) is 104 Å². The number of carbonyl (C=O) groups excluding carboxylic acids is 7. The van der Waals surface area contributed by atoms with Crippen LogP contribution >= 0.6 is 44.2 Å². The number of unbranched alkanes of at least 4 members (excludes halogenated alkanes) is 1. The Morgan fingerprint density at radius 2 is 1.46 bits per heavy atom. The first-order chi connectivity index (χ1) is 40.0. The zero-order chi connectivity index (χ0) is 61.3. The average Bonchev–Trinajstić information content (AvgIpc) is 4.06. The fraction of sp³-hybridized carbons (Fsp3) is 0.509. The maximum atomic E-state index is 15.1. The van der Waals surface area contributed by atoms with Crippen molar-refractivity contribution in [1.82, 2.24) is 47.5 Å². The molecule has 26 nitrogen and oxygen atoms in total. The van der Waals surface area contributed by atoms with Crippen LogP contribution in [0, 0.1) is 3.57 Å². The fourth-order valence-corrected chi connectivity index (χ4v) is 12.2. The van der Waals surface area contributed by atoms with Gasteiger partial charge in [-0.15, -0.1) is 0 Å². The Kier molecular flexibility index (Phi) is 25.8. The summed E-state index contributed by atoms with van der Waals surface area (Å²) in [5.41, 5.74) is 8.13. The number of phenols is 1. The van der Waals surface area contributed by atoms with E-state index in [4.69, 9.17) is 10.5 Å². The summed E-state index contributed by atoms with van der Waals surface area (Å²) in [5.74, 6) is -9.68. The van der Waals surface area contributed by atoms with Gasteiger partial charge >= 0.3 is 0 Å². The number of benzene rings is 3. The van der Waals surface area contributed by atoms with Crippen molar-refractivity contribution in [1.29, 1.82) is 0 Å². The number of hydrogen-bond acceptors (Lipinski definition) is 20. The summed E-state index contributed by atoms with van der Waals surface area (Å²) in [7, 11) is 1.85. The van der Waals surface area contributed by atoms with Gasteiger partial charge in [-0.1, -0.05) is 76.2 Å². The summed E-state index contributed by atoms with van der Waals surface area (Å²) in [4.78, 5) is 105. The van der Waals surface area contributed by atoms with E-state index in [2.05, 4.69) is 47.5 Å². The number of amides is 7. The van der Waals surface area contributed by atoms with Crippen LogP contribution in [-0.2, 0) is 57.6 Å². The van der Waals surface area contributed by atoms with Crippen LogP contribution < -0.4 is 48.3 Å². The molecule has 2 fully saturated rings. The highest BCUT2D eigenvalue weighted by molar-refractivity contribution is 14.1. The number of aliphatic hydroxyl groups excluding tert-OH is 6. The van der Waals surface area contributed by atoms with Crippen LogP contribution in [0.4, 0.5) is 0 Å². The number of phenolic OH excluding ortho intramolecular Hbond substituents is 1. The molecule has 2 aliphatic heterocycles. The molecule has 0 radical (unpaired) electrons. The zero-order valence-corrected chi connectivity index (χ0v) is 49.9. The summed E-state index contributed by atoms with van der Waals surface area (Å²) in [6.07, 6.45) is -6.46. The number of nitrogens with two attached hydrogens (primary N) is 1. The smallest absolute Gasteiger partial charge is 0.245 e. The maximum Gasteiger partial charge on any atom is 0.245 e. The Bertz CT molecular complexity index is 2880. The number of para-hydroxylation sites is 1. The molecular formula is C55H75IN10O16S2. The summed E-state index contributed by atoms with van der Waals surface area (Å²) >= 11 is 1.89. The van der Waals surface area contributed by atoms with Crippen LogP contribution in [0.1, 0.15) is 49.8 Å². The highest BCUT2D eigenvalue weighted by Crippen LogP contribution is 2.27. The van der Waals surface area contributed by atoms with E-state index in [1.807, 2.05) is 22.6 Å². The Labute approximate surface area is 505 Å². The Morgan fingerprint density at radius 3 is 2.14 bits per heavy atom. The monoisotopic (exact) mass is 1320 g/mol. The van der Waals surface area contributed by atoms with Crippen LogP contribution in [0.25, 0.3) is 10.9 Å². The number of aromatic hydroxyl groups is 1. The van der Waals surface area contributed by atoms with Gasteiger partial charge in [0.05, 0.1) is 47.6 Å². The molecule has 0 saturated carbocycles. The minimum atomic E-state index is -2.51. The quantitative estimate of drug-likeness (QED) is 0.0237. The van der Waals surface area contributed by atoms with Crippen LogP contribution in [0.5, 0.6) is 5.75 Å². The topological polar surface area (TPSA) is 429 Å². The van der Waals surface area contributed by atoms with E-state index in [0.29, 0.717) is 44.0 Å². The lowest BCUT2D eigenvalue weighted by molar-refractivity contribution is -0.318. The minimum Gasteiger partial charge on any atom is -0.507 e. The normalized spacial score (nSPS) is 26.7. The van der Waals surface area contributed by atoms with Crippen molar-refractivity contribution in [3.05, 3.63) is 99.3 Å². The summed E-state index contributed by atoms with van der Waals surface area (Å²) in [6.45, 7) is 0.787. The molecule has 0 aliphatic carbocycles. The molecule has 84 heavy (non-hydrogen) atoms. The van der Waals surface area contributed by atoms with Gasteiger partial charge < -0.3 is 98.8 Å². The van der Waals surface area contributed by atoms with E-state index >= 15 is 9.59 Å². The molecule has 7 amide bonds. The van der Waals surface area contributed by atoms with Crippen molar-refractivity contribution >= 4 is 96.4 Å². The van der Waals surface area contributed by atoms with Crippen molar-refractivity contribution in [3.63, 3.8) is 0 Å². The first-order valence-corrected chi connectivity index (χ1v) is 30.8. The number of rotatable bonds is 20. The first kappa shape index (κ1) is 67.4. The highest BCUT2D eigenvalue weighted by atomic mass is 123. The van der Waals surface area contributed by atoms with Crippen molar-refractivity contribution in [2.24, 2.45) is 5.73 Å².